The maximum atomic E-state index is 5.86. The number of fused-ring (bicyclic) bond motifs is 1. The molecule has 2 N–H and O–H groups in total. The van der Waals surface area contributed by atoms with E-state index in [4.69, 9.17) is 10.2 Å². The van der Waals surface area contributed by atoms with Crippen LogP contribution in [0.2, 0.25) is 0 Å². The summed E-state index contributed by atoms with van der Waals surface area (Å²) in [5.74, 6) is 1.41. The van der Waals surface area contributed by atoms with Crippen molar-refractivity contribution in [2.45, 2.75) is 17.6 Å². The number of para-hydroxylation sites is 1. The minimum atomic E-state index is 0.660. The van der Waals surface area contributed by atoms with Gasteiger partial charge in [-0.2, -0.15) is 0 Å². The van der Waals surface area contributed by atoms with Gasteiger partial charge < -0.3 is 10.2 Å². The second-order valence-corrected chi connectivity index (χ2v) is 5.45. The number of nitrogen functional groups attached to an aromatic ring is 1. The van der Waals surface area contributed by atoms with E-state index in [0.29, 0.717) is 17.3 Å². The van der Waals surface area contributed by atoms with Crippen molar-refractivity contribution < 1.29 is 4.42 Å². The highest BCUT2D eigenvalue weighted by Gasteiger charge is 2.08. The Hall–Kier alpha value is -1.94. The largest absolute Gasteiger partial charge is 0.440 e. The van der Waals surface area contributed by atoms with Crippen LogP contribution < -0.4 is 5.73 Å². The van der Waals surface area contributed by atoms with E-state index in [1.54, 1.807) is 11.8 Å². The molecule has 3 aromatic rings. The lowest BCUT2D eigenvalue weighted by molar-refractivity contribution is 0.556. The second kappa shape index (κ2) is 4.97. The van der Waals surface area contributed by atoms with Crippen molar-refractivity contribution in [1.82, 2.24) is 4.98 Å². The van der Waals surface area contributed by atoms with Gasteiger partial charge in [0, 0.05) is 4.90 Å². The fourth-order valence-corrected chi connectivity index (χ4v) is 2.60. The molecule has 0 amide bonds. The zero-order chi connectivity index (χ0) is 13.2. The fourth-order valence-electron chi connectivity index (χ4n) is 1.86. The smallest absolute Gasteiger partial charge is 0.205 e. The molecule has 0 fully saturated rings. The van der Waals surface area contributed by atoms with Crippen molar-refractivity contribution in [2.24, 2.45) is 0 Å². The molecule has 19 heavy (non-hydrogen) atoms. The number of nitrogens with two attached hydrogens (primary N) is 1. The van der Waals surface area contributed by atoms with Crippen molar-refractivity contribution in [3.63, 3.8) is 0 Å². The summed E-state index contributed by atoms with van der Waals surface area (Å²) >= 11 is 1.71. The zero-order valence-electron chi connectivity index (χ0n) is 10.6. The van der Waals surface area contributed by atoms with Gasteiger partial charge in [-0.25, -0.2) is 4.98 Å². The second-order valence-electron chi connectivity index (χ2n) is 4.40. The molecule has 0 aliphatic heterocycles. The van der Waals surface area contributed by atoms with Crippen LogP contribution in [0.15, 0.2) is 51.8 Å². The third kappa shape index (κ3) is 2.58. The molecule has 0 atom stereocenters. The Balaban J connectivity index is 1.78. The van der Waals surface area contributed by atoms with Crippen LogP contribution in [0.25, 0.3) is 11.1 Å². The van der Waals surface area contributed by atoms with Gasteiger partial charge >= 0.3 is 0 Å². The molecule has 0 radical (unpaired) electrons. The summed E-state index contributed by atoms with van der Waals surface area (Å²) in [6, 6.07) is 14.0. The Kier molecular flexibility index (Phi) is 3.17. The third-order valence-corrected chi connectivity index (χ3v) is 3.87. The van der Waals surface area contributed by atoms with Crippen LogP contribution in [0.1, 0.15) is 11.5 Å². The van der Waals surface area contributed by atoms with Gasteiger partial charge in [-0.05, 0) is 31.2 Å². The van der Waals surface area contributed by atoms with Crippen LogP contribution in [0.4, 0.5) is 5.69 Å². The number of oxazole rings is 1. The lowest BCUT2D eigenvalue weighted by atomic mass is 10.2. The average molecular weight is 270 g/mol. The molecular weight excluding hydrogens is 256 g/mol. The molecule has 0 aliphatic rings. The number of rotatable bonds is 3. The number of aryl methyl sites for hydroxylation is 1. The molecule has 0 unspecified atom stereocenters. The number of nitrogens with zero attached hydrogens (tertiary/aromatic N) is 1. The summed E-state index contributed by atoms with van der Waals surface area (Å²) in [4.78, 5) is 5.64. The van der Waals surface area contributed by atoms with Crippen molar-refractivity contribution in [1.29, 1.82) is 0 Å². The van der Waals surface area contributed by atoms with E-state index < -0.39 is 0 Å². The van der Waals surface area contributed by atoms with Crippen molar-refractivity contribution >= 4 is 28.5 Å². The van der Waals surface area contributed by atoms with Crippen LogP contribution in [0.5, 0.6) is 0 Å². The lowest BCUT2D eigenvalue weighted by Crippen LogP contribution is -1.85. The topological polar surface area (TPSA) is 52.0 Å². The van der Waals surface area contributed by atoms with E-state index in [2.05, 4.69) is 36.2 Å². The summed E-state index contributed by atoms with van der Waals surface area (Å²) in [5, 5.41) is 0. The van der Waals surface area contributed by atoms with Crippen LogP contribution in [0.3, 0.4) is 0 Å². The summed E-state index contributed by atoms with van der Waals surface area (Å²) in [7, 11) is 0. The SMILES string of the molecule is Cc1ccc(SCc2nc3c(N)cccc3o2)cc1. The summed E-state index contributed by atoms with van der Waals surface area (Å²) < 4.78 is 5.68. The van der Waals surface area contributed by atoms with Gasteiger partial charge in [0.15, 0.2) is 5.58 Å². The molecule has 3 rings (SSSR count). The van der Waals surface area contributed by atoms with Crippen molar-refractivity contribution in [3.05, 3.63) is 53.9 Å². The van der Waals surface area contributed by atoms with Crippen LogP contribution in [0, 0.1) is 6.92 Å². The van der Waals surface area contributed by atoms with Gasteiger partial charge in [0.25, 0.3) is 0 Å². The van der Waals surface area contributed by atoms with E-state index in [1.807, 2.05) is 18.2 Å². The van der Waals surface area contributed by atoms with Crippen LogP contribution in [-0.4, -0.2) is 4.98 Å². The molecule has 1 aromatic heterocycles. The van der Waals surface area contributed by atoms with E-state index in [0.717, 1.165) is 11.1 Å². The van der Waals surface area contributed by atoms with Crippen molar-refractivity contribution in [2.75, 3.05) is 5.73 Å². The molecule has 0 spiro atoms. The molecular formula is C15H14N2OS. The molecule has 96 valence electrons. The monoisotopic (exact) mass is 270 g/mol. The first-order chi connectivity index (χ1) is 9.22. The maximum absolute atomic E-state index is 5.86. The van der Waals surface area contributed by atoms with E-state index in [1.165, 1.54) is 10.5 Å². The molecule has 0 aliphatic carbocycles. The Morgan fingerprint density at radius 1 is 1.16 bits per heavy atom. The molecule has 3 nitrogen and oxygen atoms in total. The molecule has 1 heterocycles. The van der Waals surface area contributed by atoms with Gasteiger partial charge in [0.1, 0.15) is 5.52 Å². The highest BCUT2D eigenvalue weighted by Crippen LogP contribution is 2.26. The minimum Gasteiger partial charge on any atom is -0.440 e. The fraction of sp³-hybridized carbons (Fsp3) is 0.133. The number of hydrogen-bond acceptors (Lipinski definition) is 4. The van der Waals surface area contributed by atoms with Gasteiger partial charge in [0.05, 0.1) is 11.4 Å². The first-order valence-electron chi connectivity index (χ1n) is 6.06. The van der Waals surface area contributed by atoms with Gasteiger partial charge in [0.2, 0.25) is 5.89 Å². The third-order valence-electron chi connectivity index (χ3n) is 2.88. The Morgan fingerprint density at radius 3 is 2.68 bits per heavy atom. The first-order valence-corrected chi connectivity index (χ1v) is 7.04. The normalized spacial score (nSPS) is 11.0. The summed E-state index contributed by atoms with van der Waals surface area (Å²) in [5.41, 5.74) is 9.29. The standard InChI is InChI=1S/C15H14N2OS/c1-10-5-7-11(8-6-10)19-9-14-17-15-12(16)3-2-4-13(15)18-14/h2-8H,9,16H2,1H3. The molecule has 2 aromatic carbocycles. The zero-order valence-corrected chi connectivity index (χ0v) is 11.4. The number of anilines is 1. The van der Waals surface area contributed by atoms with E-state index in [-0.39, 0.29) is 0 Å². The molecule has 0 saturated heterocycles. The highest BCUT2D eigenvalue weighted by molar-refractivity contribution is 7.98. The minimum absolute atomic E-state index is 0.660. The Bertz CT molecular complexity index is 704. The lowest BCUT2D eigenvalue weighted by Gasteiger charge is -1.98. The number of hydrogen-bond donors (Lipinski definition) is 1. The highest BCUT2D eigenvalue weighted by atomic mass is 32.2. The summed E-state index contributed by atoms with van der Waals surface area (Å²) in [6.07, 6.45) is 0. The average Bonchev–Trinajstić information content (AvgIpc) is 2.83. The van der Waals surface area contributed by atoms with E-state index >= 15 is 0 Å². The molecule has 0 saturated carbocycles. The van der Waals surface area contributed by atoms with Gasteiger partial charge in [-0.15, -0.1) is 11.8 Å². The molecule has 0 bridgehead atoms. The van der Waals surface area contributed by atoms with Crippen molar-refractivity contribution in [3.8, 4) is 0 Å². The number of benzene rings is 2. The maximum Gasteiger partial charge on any atom is 0.205 e. The Labute approximate surface area is 115 Å². The quantitative estimate of drug-likeness (QED) is 0.577. The first kappa shape index (κ1) is 12.1. The predicted molar refractivity (Wildman–Crippen MR) is 79.2 cm³/mol. The predicted octanol–water partition coefficient (Wildman–Crippen LogP) is 4.01. The van der Waals surface area contributed by atoms with Gasteiger partial charge in [-0.3, -0.25) is 0 Å². The van der Waals surface area contributed by atoms with Crippen LogP contribution >= 0.6 is 11.8 Å². The van der Waals surface area contributed by atoms with Crippen LogP contribution in [-0.2, 0) is 5.75 Å². The Morgan fingerprint density at radius 2 is 1.95 bits per heavy atom. The molecule has 4 heteroatoms. The number of aromatic nitrogens is 1. The summed E-state index contributed by atoms with van der Waals surface area (Å²) in [6.45, 7) is 2.08. The number of thioether (sulfide) groups is 1. The van der Waals surface area contributed by atoms with Gasteiger partial charge in [-0.1, -0.05) is 23.8 Å². The van der Waals surface area contributed by atoms with E-state index in [9.17, 15) is 0 Å².